The maximum absolute atomic E-state index is 14.3. The van der Waals surface area contributed by atoms with Gasteiger partial charge in [0, 0.05) is 5.75 Å². The fraction of sp³-hybridized carbons (Fsp3) is 0.406. The van der Waals surface area contributed by atoms with Crippen LogP contribution in [0.15, 0.2) is 91.0 Å². The van der Waals surface area contributed by atoms with Crippen molar-refractivity contribution in [1.29, 1.82) is 0 Å². The molecular weight excluding hydrogens is 476 g/mol. The number of carbonyl (C=O) groups is 1. The lowest BCUT2D eigenvalue weighted by molar-refractivity contribution is -0.108. The lowest BCUT2D eigenvalue weighted by Crippen LogP contribution is -2.75. The van der Waals surface area contributed by atoms with E-state index in [9.17, 15) is 4.79 Å². The molecular formula is C32H38N2O2S. The van der Waals surface area contributed by atoms with E-state index in [4.69, 9.17) is 4.74 Å². The minimum absolute atomic E-state index is 0.00612. The Hall–Kier alpha value is -2.76. The van der Waals surface area contributed by atoms with Crippen LogP contribution in [0.4, 0.5) is 4.79 Å². The summed E-state index contributed by atoms with van der Waals surface area (Å²) in [5.41, 5.74) is 1.97. The molecule has 2 aliphatic rings. The molecule has 2 aliphatic heterocycles. The molecule has 5 heteroatoms. The third-order valence-corrected chi connectivity index (χ3v) is 8.89. The SMILES string of the molecule is CSCC12CCC(C(c3ccccc3)N(C)C1(c1ccccc1)c1ccccc1)N2C(=O)OC(C)(C)C. The summed E-state index contributed by atoms with van der Waals surface area (Å²) in [4.78, 5) is 19.0. The van der Waals surface area contributed by atoms with E-state index in [2.05, 4.69) is 114 Å². The molecule has 3 unspecified atom stereocenters. The highest BCUT2D eigenvalue weighted by Gasteiger charge is 2.70. The summed E-state index contributed by atoms with van der Waals surface area (Å²) in [5, 5.41) is 0. The van der Waals surface area contributed by atoms with Crippen LogP contribution in [0.1, 0.15) is 56.3 Å². The van der Waals surface area contributed by atoms with Crippen molar-refractivity contribution in [2.75, 3.05) is 19.1 Å². The number of nitrogens with zero attached hydrogens (tertiary/aromatic N) is 2. The fourth-order valence-corrected chi connectivity index (χ4v) is 8.04. The number of hydrogen-bond donors (Lipinski definition) is 0. The smallest absolute Gasteiger partial charge is 0.411 e. The van der Waals surface area contributed by atoms with Gasteiger partial charge < -0.3 is 4.74 Å². The molecule has 0 saturated carbocycles. The number of rotatable bonds is 5. The van der Waals surface area contributed by atoms with E-state index in [1.807, 2.05) is 32.5 Å². The first-order valence-corrected chi connectivity index (χ1v) is 14.6. The third-order valence-electron chi connectivity index (χ3n) is 8.13. The number of thioether (sulfide) groups is 1. The van der Waals surface area contributed by atoms with Gasteiger partial charge in [0.05, 0.1) is 23.2 Å². The van der Waals surface area contributed by atoms with Gasteiger partial charge in [0.25, 0.3) is 0 Å². The van der Waals surface area contributed by atoms with Gasteiger partial charge in [0.15, 0.2) is 0 Å². The monoisotopic (exact) mass is 514 g/mol. The van der Waals surface area contributed by atoms with Gasteiger partial charge in [0.1, 0.15) is 5.60 Å². The Balaban J connectivity index is 1.86. The average Bonchev–Trinajstić information content (AvgIpc) is 3.21. The van der Waals surface area contributed by atoms with Crippen LogP contribution in [0, 0.1) is 0 Å². The van der Waals surface area contributed by atoms with Crippen molar-refractivity contribution >= 4 is 17.9 Å². The molecule has 3 atom stereocenters. The maximum atomic E-state index is 14.3. The van der Waals surface area contributed by atoms with Crippen LogP contribution in [0.2, 0.25) is 0 Å². The zero-order valence-electron chi connectivity index (χ0n) is 22.6. The van der Waals surface area contributed by atoms with Crippen LogP contribution in [0.5, 0.6) is 0 Å². The lowest BCUT2D eigenvalue weighted by atomic mass is 9.64. The molecule has 4 nitrogen and oxygen atoms in total. The van der Waals surface area contributed by atoms with Crippen molar-refractivity contribution in [3.05, 3.63) is 108 Å². The van der Waals surface area contributed by atoms with E-state index in [1.165, 1.54) is 16.7 Å². The van der Waals surface area contributed by atoms with Crippen molar-refractivity contribution in [2.24, 2.45) is 0 Å². The summed E-state index contributed by atoms with van der Waals surface area (Å²) in [6.45, 7) is 5.88. The molecule has 0 radical (unpaired) electrons. The summed E-state index contributed by atoms with van der Waals surface area (Å²) < 4.78 is 6.17. The molecule has 0 spiro atoms. The molecule has 37 heavy (non-hydrogen) atoms. The maximum Gasteiger partial charge on any atom is 0.411 e. The predicted octanol–water partition coefficient (Wildman–Crippen LogP) is 7.12. The second-order valence-electron chi connectivity index (χ2n) is 11.3. The van der Waals surface area contributed by atoms with Crippen molar-refractivity contribution in [1.82, 2.24) is 9.80 Å². The number of likely N-dealkylation sites (tertiary alicyclic amines) is 1. The predicted molar refractivity (Wildman–Crippen MR) is 153 cm³/mol. The zero-order valence-corrected chi connectivity index (χ0v) is 23.4. The quantitative estimate of drug-likeness (QED) is 0.363. The number of hydrogen-bond acceptors (Lipinski definition) is 4. The molecule has 1 amide bonds. The van der Waals surface area contributed by atoms with E-state index in [0.29, 0.717) is 0 Å². The zero-order chi connectivity index (χ0) is 26.3. The summed E-state index contributed by atoms with van der Waals surface area (Å²) in [7, 11) is 2.26. The van der Waals surface area contributed by atoms with Crippen LogP contribution in [0.3, 0.4) is 0 Å². The average molecular weight is 515 g/mol. The van der Waals surface area contributed by atoms with E-state index >= 15 is 0 Å². The number of piperazine rings is 1. The van der Waals surface area contributed by atoms with Crippen LogP contribution in [-0.2, 0) is 10.3 Å². The second-order valence-corrected chi connectivity index (χ2v) is 12.2. The lowest BCUT2D eigenvalue weighted by Gasteiger charge is -2.64. The summed E-state index contributed by atoms with van der Waals surface area (Å²) in [6, 6.07) is 32.3. The number of benzene rings is 3. The first kappa shape index (κ1) is 25.9. The minimum atomic E-state index is -0.580. The van der Waals surface area contributed by atoms with Gasteiger partial charge in [0.2, 0.25) is 0 Å². The van der Waals surface area contributed by atoms with E-state index < -0.39 is 16.7 Å². The Bertz CT molecular complexity index is 1170. The van der Waals surface area contributed by atoms with Crippen molar-refractivity contribution in [3.8, 4) is 0 Å². The van der Waals surface area contributed by atoms with Gasteiger partial charge in [-0.25, -0.2) is 4.79 Å². The summed E-state index contributed by atoms with van der Waals surface area (Å²) in [5.74, 6) is 0.804. The Labute approximate surface area is 226 Å². The molecule has 2 saturated heterocycles. The molecule has 2 heterocycles. The largest absolute Gasteiger partial charge is 0.444 e. The van der Waals surface area contributed by atoms with Crippen molar-refractivity contribution in [2.45, 2.75) is 62.4 Å². The van der Waals surface area contributed by atoms with Gasteiger partial charge in [-0.05, 0) is 63.6 Å². The molecule has 194 valence electrons. The molecule has 0 aliphatic carbocycles. The molecule has 2 bridgehead atoms. The third kappa shape index (κ3) is 4.07. The van der Waals surface area contributed by atoms with Crippen LogP contribution in [-0.4, -0.2) is 52.1 Å². The highest BCUT2D eigenvalue weighted by Crippen LogP contribution is 2.62. The van der Waals surface area contributed by atoms with Crippen LogP contribution < -0.4 is 0 Å². The van der Waals surface area contributed by atoms with Crippen molar-refractivity contribution in [3.63, 3.8) is 0 Å². The number of carbonyl (C=O) groups excluding carboxylic acids is 1. The Morgan fingerprint density at radius 2 is 1.43 bits per heavy atom. The van der Waals surface area contributed by atoms with Crippen LogP contribution in [0.25, 0.3) is 0 Å². The molecule has 3 aromatic carbocycles. The Kier molecular flexibility index (Phi) is 6.88. The highest BCUT2D eigenvalue weighted by atomic mass is 32.2. The standard InChI is InChI=1S/C32H38N2O2S/c1-30(2,3)36-29(35)34-27-21-22-31(34,23-37-5)32(25-17-11-7-12-18-25,26-19-13-8-14-20-26)33(4)28(27)24-15-9-6-10-16-24/h6-20,27-28H,21-23H2,1-5H3. The number of fused-ring (bicyclic) bond motifs is 2. The molecule has 2 fully saturated rings. The Morgan fingerprint density at radius 3 is 1.92 bits per heavy atom. The van der Waals surface area contributed by atoms with Crippen molar-refractivity contribution < 1.29 is 9.53 Å². The first-order chi connectivity index (χ1) is 17.8. The highest BCUT2D eigenvalue weighted by molar-refractivity contribution is 7.98. The van der Waals surface area contributed by atoms with Gasteiger partial charge >= 0.3 is 6.09 Å². The molecule has 0 N–H and O–H groups in total. The normalized spacial score (nSPS) is 25.2. The van der Waals surface area contributed by atoms with Gasteiger partial charge in [-0.1, -0.05) is 91.0 Å². The fourth-order valence-electron chi connectivity index (χ4n) is 7.08. The van der Waals surface area contributed by atoms with E-state index in [1.54, 1.807) is 0 Å². The molecule has 5 rings (SSSR count). The molecule has 3 aromatic rings. The summed E-state index contributed by atoms with van der Waals surface area (Å²) in [6.07, 6.45) is 3.76. The number of ether oxygens (including phenoxy) is 1. The van der Waals surface area contributed by atoms with Gasteiger partial charge in [-0.2, -0.15) is 11.8 Å². The van der Waals surface area contributed by atoms with E-state index in [0.717, 1.165) is 18.6 Å². The van der Waals surface area contributed by atoms with Crippen LogP contribution >= 0.6 is 11.8 Å². The Morgan fingerprint density at radius 1 is 0.919 bits per heavy atom. The van der Waals surface area contributed by atoms with Gasteiger partial charge in [-0.15, -0.1) is 0 Å². The summed E-state index contributed by atoms with van der Waals surface area (Å²) >= 11 is 1.81. The minimum Gasteiger partial charge on any atom is -0.444 e. The topological polar surface area (TPSA) is 32.8 Å². The second kappa shape index (κ2) is 9.85. The molecule has 0 aromatic heterocycles. The van der Waals surface area contributed by atoms with Gasteiger partial charge in [-0.3, -0.25) is 9.80 Å². The number of amides is 1. The number of likely N-dealkylation sites (N-methyl/N-ethyl adjacent to an activating group) is 1. The van der Waals surface area contributed by atoms with E-state index in [-0.39, 0.29) is 18.2 Å². The first-order valence-electron chi connectivity index (χ1n) is 13.2.